The molecule has 3 heteroatoms. The van der Waals surface area contributed by atoms with Crippen molar-refractivity contribution in [1.82, 2.24) is 0 Å². The molecule has 1 saturated carbocycles. The van der Waals surface area contributed by atoms with E-state index >= 15 is 0 Å². The van der Waals surface area contributed by atoms with Crippen LogP contribution in [0.2, 0.25) is 0 Å². The summed E-state index contributed by atoms with van der Waals surface area (Å²) < 4.78 is 10.9. The van der Waals surface area contributed by atoms with E-state index in [1.165, 1.54) is 19.3 Å². The highest BCUT2D eigenvalue weighted by atomic mass is 16.5. The number of hydrogen-bond acceptors (Lipinski definition) is 3. The van der Waals surface area contributed by atoms with Gasteiger partial charge in [0.25, 0.3) is 0 Å². The molecule has 1 rings (SSSR count). The lowest BCUT2D eigenvalue weighted by Gasteiger charge is -2.34. The highest BCUT2D eigenvalue weighted by molar-refractivity contribution is 5.90. The summed E-state index contributed by atoms with van der Waals surface area (Å²) in [4.78, 5) is 11.2. The first-order valence-corrected chi connectivity index (χ1v) is 6.05. The van der Waals surface area contributed by atoms with Crippen LogP contribution in [0.5, 0.6) is 0 Å². The number of carbonyl (C=O) groups is 1. The van der Waals surface area contributed by atoms with Crippen LogP contribution in [0.15, 0.2) is 0 Å². The molecule has 2 unspecified atom stereocenters. The van der Waals surface area contributed by atoms with Crippen LogP contribution >= 0.6 is 0 Å². The highest BCUT2D eigenvalue weighted by Crippen LogP contribution is 2.23. The third-order valence-electron chi connectivity index (χ3n) is 2.73. The molecular weight excluding hydrogens is 192 g/mol. The fourth-order valence-corrected chi connectivity index (χ4v) is 1.76. The van der Waals surface area contributed by atoms with Crippen LogP contribution in [0.3, 0.4) is 0 Å². The Kier molecular flexibility index (Phi) is 5.88. The Morgan fingerprint density at radius 3 is 2.60 bits per heavy atom. The Bertz CT molecular complexity index is 191. The molecule has 2 atom stereocenters. The summed E-state index contributed by atoms with van der Waals surface area (Å²) in [7, 11) is 0. The topological polar surface area (TPSA) is 35.5 Å². The molecule has 0 bridgehead atoms. The average molecular weight is 214 g/mol. The first-order valence-electron chi connectivity index (χ1n) is 6.05. The van der Waals surface area contributed by atoms with Crippen LogP contribution in [0.4, 0.5) is 0 Å². The lowest BCUT2D eigenvalue weighted by molar-refractivity contribution is -0.165. The number of unbranched alkanes of at least 4 members (excludes halogenated alkanes) is 3. The minimum atomic E-state index is -0.277. The maximum absolute atomic E-state index is 11.2. The van der Waals surface area contributed by atoms with E-state index in [1.54, 1.807) is 0 Å². The maximum atomic E-state index is 11.2. The van der Waals surface area contributed by atoms with Crippen LogP contribution in [0.25, 0.3) is 0 Å². The summed E-state index contributed by atoms with van der Waals surface area (Å²) in [6, 6.07) is 0. The Morgan fingerprint density at radius 2 is 2.00 bits per heavy atom. The van der Waals surface area contributed by atoms with Gasteiger partial charge in [0.05, 0.1) is 6.10 Å². The van der Waals surface area contributed by atoms with Gasteiger partial charge in [-0.3, -0.25) is 4.79 Å². The molecule has 0 radical (unpaired) electrons. The van der Waals surface area contributed by atoms with Gasteiger partial charge in [-0.2, -0.15) is 0 Å². The second-order valence-corrected chi connectivity index (χ2v) is 4.02. The summed E-state index contributed by atoms with van der Waals surface area (Å²) in [6.45, 7) is 5.45. The van der Waals surface area contributed by atoms with Gasteiger partial charge in [0, 0.05) is 19.6 Å². The second-order valence-electron chi connectivity index (χ2n) is 4.02. The normalized spacial score (nSPS) is 25.3. The predicted octanol–water partition coefficient (Wildman–Crippen LogP) is 2.33. The monoisotopic (exact) mass is 214 g/mol. The summed E-state index contributed by atoms with van der Waals surface area (Å²) in [5.41, 5.74) is 0. The SMILES string of the molecule is CCCCCCOC1CC(=O)C1OCC. The van der Waals surface area contributed by atoms with E-state index in [1.807, 2.05) is 6.92 Å². The third kappa shape index (κ3) is 3.92. The van der Waals surface area contributed by atoms with Crippen molar-refractivity contribution in [3.05, 3.63) is 0 Å². The number of Topliss-reactive ketones (excluding diaryl/α,β-unsaturated/α-hetero) is 1. The average Bonchev–Trinajstić information content (AvgIpc) is 2.24. The molecule has 0 amide bonds. The zero-order valence-electron chi connectivity index (χ0n) is 9.83. The van der Waals surface area contributed by atoms with Crippen LogP contribution < -0.4 is 0 Å². The van der Waals surface area contributed by atoms with Crippen LogP contribution in [0, 0.1) is 0 Å². The Labute approximate surface area is 92.1 Å². The molecular formula is C12H22O3. The number of ketones is 1. The molecule has 0 spiro atoms. The molecule has 0 heterocycles. The lowest BCUT2D eigenvalue weighted by Crippen LogP contribution is -2.50. The van der Waals surface area contributed by atoms with Crippen LogP contribution in [-0.2, 0) is 14.3 Å². The van der Waals surface area contributed by atoms with Crippen molar-refractivity contribution < 1.29 is 14.3 Å². The van der Waals surface area contributed by atoms with Crippen LogP contribution in [0.1, 0.15) is 46.0 Å². The fraction of sp³-hybridized carbons (Fsp3) is 0.917. The molecule has 0 aromatic rings. The minimum Gasteiger partial charge on any atom is -0.375 e. The molecule has 1 aliphatic carbocycles. The predicted molar refractivity (Wildman–Crippen MR) is 58.9 cm³/mol. The molecule has 1 aliphatic rings. The largest absolute Gasteiger partial charge is 0.375 e. The van der Waals surface area contributed by atoms with E-state index in [0.717, 1.165) is 13.0 Å². The molecule has 1 fully saturated rings. The van der Waals surface area contributed by atoms with Crippen molar-refractivity contribution in [3.63, 3.8) is 0 Å². The Morgan fingerprint density at radius 1 is 1.20 bits per heavy atom. The van der Waals surface area contributed by atoms with Crippen molar-refractivity contribution >= 4 is 5.78 Å². The zero-order valence-corrected chi connectivity index (χ0v) is 9.83. The summed E-state index contributed by atoms with van der Waals surface area (Å²) in [5.74, 6) is 0.190. The van der Waals surface area contributed by atoms with Crippen molar-refractivity contribution in [2.45, 2.75) is 58.2 Å². The van der Waals surface area contributed by atoms with Gasteiger partial charge in [-0.05, 0) is 13.3 Å². The molecule has 0 aromatic carbocycles. The second kappa shape index (κ2) is 6.96. The third-order valence-corrected chi connectivity index (χ3v) is 2.73. The first kappa shape index (κ1) is 12.7. The Hall–Kier alpha value is -0.410. The number of rotatable bonds is 8. The minimum absolute atomic E-state index is 0.0269. The van der Waals surface area contributed by atoms with E-state index in [2.05, 4.69) is 6.92 Å². The van der Waals surface area contributed by atoms with Gasteiger partial charge in [0.15, 0.2) is 5.78 Å². The van der Waals surface area contributed by atoms with Crippen molar-refractivity contribution in [1.29, 1.82) is 0 Å². The van der Waals surface area contributed by atoms with E-state index in [-0.39, 0.29) is 18.0 Å². The molecule has 3 nitrogen and oxygen atoms in total. The lowest BCUT2D eigenvalue weighted by atomic mass is 9.90. The number of ether oxygens (including phenoxy) is 2. The summed E-state index contributed by atoms with van der Waals surface area (Å²) in [6.07, 6.45) is 5.11. The Balaban J connectivity index is 2.04. The number of carbonyl (C=O) groups excluding carboxylic acids is 1. The summed E-state index contributed by atoms with van der Waals surface area (Å²) in [5, 5.41) is 0. The van der Waals surface area contributed by atoms with E-state index in [9.17, 15) is 4.79 Å². The van der Waals surface area contributed by atoms with Gasteiger partial charge in [0.1, 0.15) is 6.10 Å². The molecule has 88 valence electrons. The van der Waals surface area contributed by atoms with Gasteiger partial charge in [0.2, 0.25) is 0 Å². The van der Waals surface area contributed by atoms with Crippen molar-refractivity contribution in [2.75, 3.05) is 13.2 Å². The van der Waals surface area contributed by atoms with Gasteiger partial charge in [-0.25, -0.2) is 0 Å². The smallest absolute Gasteiger partial charge is 0.166 e. The van der Waals surface area contributed by atoms with Crippen molar-refractivity contribution in [2.24, 2.45) is 0 Å². The molecule has 0 aromatic heterocycles. The maximum Gasteiger partial charge on any atom is 0.166 e. The van der Waals surface area contributed by atoms with E-state index < -0.39 is 0 Å². The number of hydrogen-bond donors (Lipinski definition) is 0. The molecule has 15 heavy (non-hydrogen) atoms. The quantitative estimate of drug-likeness (QED) is 0.582. The van der Waals surface area contributed by atoms with Gasteiger partial charge >= 0.3 is 0 Å². The van der Waals surface area contributed by atoms with E-state index in [4.69, 9.17) is 9.47 Å². The molecule has 0 saturated heterocycles. The highest BCUT2D eigenvalue weighted by Gasteiger charge is 2.41. The fourth-order valence-electron chi connectivity index (χ4n) is 1.76. The van der Waals surface area contributed by atoms with Crippen LogP contribution in [-0.4, -0.2) is 31.2 Å². The summed E-state index contributed by atoms with van der Waals surface area (Å²) >= 11 is 0. The van der Waals surface area contributed by atoms with Gasteiger partial charge in [-0.1, -0.05) is 26.2 Å². The first-order chi connectivity index (χ1) is 7.29. The van der Waals surface area contributed by atoms with E-state index in [0.29, 0.717) is 13.0 Å². The van der Waals surface area contributed by atoms with Crippen molar-refractivity contribution in [3.8, 4) is 0 Å². The standard InChI is InChI=1S/C12H22O3/c1-3-5-6-7-8-15-11-9-10(13)12(11)14-4-2/h11-12H,3-9H2,1-2H3. The van der Waals surface area contributed by atoms with Gasteiger partial charge < -0.3 is 9.47 Å². The molecule has 0 aliphatic heterocycles. The van der Waals surface area contributed by atoms with Gasteiger partial charge in [-0.15, -0.1) is 0 Å². The zero-order chi connectivity index (χ0) is 11.1. The molecule has 0 N–H and O–H groups in total.